The van der Waals surface area contributed by atoms with E-state index in [1.54, 1.807) is 18.2 Å². The lowest BCUT2D eigenvalue weighted by Crippen LogP contribution is -2.20. The first-order valence-corrected chi connectivity index (χ1v) is 8.68. The number of amides is 1. The minimum atomic E-state index is -0.257. The van der Waals surface area contributed by atoms with E-state index in [4.69, 9.17) is 13.9 Å². The van der Waals surface area contributed by atoms with E-state index >= 15 is 0 Å². The largest absolute Gasteiger partial charge is 0.494 e. The Bertz CT molecular complexity index is 877. The highest BCUT2D eigenvalue weighted by atomic mass is 16.5. The lowest BCUT2D eigenvalue weighted by molar-refractivity contribution is -0.118. The van der Waals surface area contributed by atoms with Gasteiger partial charge < -0.3 is 19.2 Å². The van der Waals surface area contributed by atoms with Gasteiger partial charge in [0.05, 0.1) is 6.61 Å². The van der Waals surface area contributed by atoms with Crippen LogP contribution in [0.1, 0.15) is 18.9 Å². The molecule has 0 atom stereocenters. The van der Waals surface area contributed by atoms with Gasteiger partial charge in [-0.2, -0.15) is 0 Å². The highest BCUT2D eigenvalue weighted by Crippen LogP contribution is 2.24. The van der Waals surface area contributed by atoms with E-state index in [1.165, 1.54) is 6.39 Å². The molecule has 1 aromatic heterocycles. The molecule has 0 aliphatic heterocycles. The standard InChI is InChI=1S/C20H21N3O4/c1-3-10-25-16-6-8-17(9-7-16)26-12-19(24)22-18-11-15(5-4-14(18)2)20-23-21-13-27-20/h4-9,11,13H,3,10,12H2,1-2H3,(H,22,24). The molecule has 0 fully saturated rings. The number of aryl methyl sites for hydroxylation is 1. The molecule has 0 bridgehead atoms. The van der Waals surface area contributed by atoms with Crippen molar-refractivity contribution in [3.05, 3.63) is 54.4 Å². The van der Waals surface area contributed by atoms with Crippen molar-refractivity contribution in [3.8, 4) is 23.0 Å². The van der Waals surface area contributed by atoms with Crippen LogP contribution in [0, 0.1) is 6.92 Å². The number of carbonyl (C=O) groups is 1. The van der Waals surface area contributed by atoms with E-state index in [0.29, 0.717) is 23.9 Å². The molecule has 0 saturated heterocycles. The van der Waals surface area contributed by atoms with Crippen LogP contribution in [0.25, 0.3) is 11.5 Å². The molecule has 1 heterocycles. The summed E-state index contributed by atoms with van der Waals surface area (Å²) in [6, 6.07) is 12.7. The van der Waals surface area contributed by atoms with Crippen LogP contribution in [0.15, 0.2) is 53.3 Å². The van der Waals surface area contributed by atoms with Crippen LogP contribution in [0.3, 0.4) is 0 Å². The van der Waals surface area contributed by atoms with Crippen molar-refractivity contribution >= 4 is 11.6 Å². The molecule has 0 spiro atoms. The van der Waals surface area contributed by atoms with Crippen molar-refractivity contribution in [2.45, 2.75) is 20.3 Å². The number of hydrogen-bond donors (Lipinski definition) is 1. The quantitative estimate of drug-likeness (QED) is 0.651. The zero-order chi connectivity index (χ0) is 19.1. The number of rotatable bonds is 8. The molecule has 0 saturated carbocycles. The van der Waals surface area contributed by atoms with Gasteiger partial charge in [-0.3, -0.25) is 4.79 Å². The Labute approximate surface area is 157 Å². The van der Waals surface area contributed by atoms with E-state index < -0.39 is 0 Å². The number of carbonyl (C=O) groups excluding carboxylic acids is 1. The minimum absolute atomic E-state index is 0.0978. The minimum Gasteiger partial charge on any atom is -0.494 e. The number of hydrogen-bond acceptors (Lipinski definition) is 6. The van der Waals surface area contributed by atoms with Gasteiger partial charge in [-0.1, -0.05) is 13.0 Å². The maximum atomic E-state index is 12.2. The summed E-state index contributed by atoms with van der Waals surface area (Å²) in [5.74, 6) is 1.52. The van der Waals surface area contributed by atoms with Gasteiger partial charge in [-0.25, -0.2) is 0 Å². The van der Waals surface area contributed by atoms with Crippen LogP contribution >= 0.6 is 0 Å². The van der Waals surface area contributed by atoms with Gasteiger partial charge in [0.25, 0.3) is 5.91 Å². The second-order valence-electron chi connectivity index (χ2n) is 5.93. The van der Waals surface area contributed by atoms with Gasteiger partial charge in [0.15, 0.2) is 6.61 Å². The monoisotopic (exact) mass is 367 g/mol. The van der Waals surface area contributed by atoms with Crippen LogP contribution in [0.4, 0.5) is 5.69 Å². The van der Waals surface area contributed by atoms with Crippen LogP contribution in [0.5, 0.6) is 11.5 Å². The van der Waals surface area contributed by atoms with E-state index in [2.05, 4.69) is 22.4 Å². The molecule has 7 heteroatoms. The van der Waals surface area contributed by atoms with Crippen molar-refractivity contribution in [2.24, 2.45) is 0 Å². The zero-order valence-electron chi connectivity index (χ0n) is 15.3. The summed E-state index contributed by atoms with van der Waals surface area (Å²) in [4.78, 5) is 12.2. The van der Waals surface area contributed by atoms with Crippen molar-refractivity contribution in [3.63, 3.8) is 0 Å². The van der Waals surface area contributed by atoms with Crippen molar-refractivity contribution in [2.75, 3.05) is 18.5 Å². The molecule has 0 radical (unpaired) electrons. The normalized spacial score (nSPS) is 10.4. The van der Waals surface area contributed by atoms with E-state index in [0.717, 1.165) is 23.3 Å². The van der Waals surface area contributed by atoms with Crippen LogP contribution in [-0.2, 0) is 4.79 Å². The van der Waals surface area contributed by atoms with Gasteiger partial charge in [0.1, 0.15) is 11.5 Å². The lowest BCUT2D eigenvalue weighted by Gasteiger charge is -2.11. The van der Waals surface area contributed by atoms with E-state index in [9.17, 15) is 4.79 Å². The van der Waals surface area contributed by atoms with E-state index in [-0.39, 0.29) is 12.5 Å². The summed E-state index contributed by atoms with van der Waals surface area (Å²) >= 11 is 0. The lowest BCUT2D eigenvalue weighted by atomic mass is 10.1. The third kappa shape index (κ3) is 5.07. The molecule has 7 nitrogen and oxygen atoms in total. The summed E-state index contributed by atoms with van der Waals surface area (Å²) in [6.07, 6.45) is 2.21. The molecule has 2 aromatic carbocycles. The summed E-state index contributed by atoms with van der Waals surface area (Å²) in [7, 11) is 0. The molecule has 3 aromatic rings. The molecule has 1 amide bonds. The number of anilines is 1. The fourth-order valence-corrected chi connectivity index (χ4v) is 2.38. The Balaban J connectivity index is 1.57. The number of nitrogens with zero attached hydrogens (tertiary/aromatic N) is 2. The fourth-order valence-electron chi connectivity index (χ4n) is 2.38. The van der Waals surface area contributed by atoms with Crippen LogP contribution in [0.2, 0.25) is 0 Å². The Morgan fingerprint density at radius 2 is 1.85 bits per heavy atom. The molecule has 0 aliphatic carbocycles. The molecule has 140 valence electrons. The second kappa shape index (κ2) is 8.84. The van der Waals surface area contributed by atoms with Gasteiger partial charge in [-0.05, 0) is 55.3 Å². The first-order valence-electron chi connectivity index (χ1n) is 8.68. The average Bonchev–Trinajstić information content (AvgIpc) is 3.22. The van der Waals surface area contributed by atoms with Crippen molar-refractivity contribution in [1.29, 1.82) is 0 Å². The predicted octanol–water partition coefficient (Wildman–Crippen LogP) is 3.85. The SMILES string of the molecule is CCCOc1ccc(OCC(=O)Nc2cc(-c3nnco3)ccc2C)cc1. The van der Waals surface area contributed by atoms with Crippen molar-refractivity contribution in [1.82, 2.24) is 10.2 Å². The van der Waals surface area contributed by atoms with Gasteiger partial charge in [0.2, 0.25) is 12.3 Å². The molecule has 0 unspecified atom stereocenters. The van der Waals surface area contributed by atoms with E-state index in [1.807, 2.05) is 31.2 Å². The molecule has 0 aliphatic rings. The Morgan fingerprint density at radius 1 is 1.11 bits per heavy atom. The smallest absolute Gasteiger partial charge is 0.262 e. The summed E-state index contributed by atoms with van der Waals surface area (Å²) in [5, 5.41) is 10.4. The Hall–Kier alpha value is -3.35. The Morgan fingerprint density at radius 3 is 2.52 bits per heavy atom. The zero-order valence-corrected chi connectivity index (χ0v) is 15.3. The number of aromatic nitrogens is 2. The molecule has 3 rings (SSSR count). The highest BCUT2D eigenvalue weighted by Gasteiger charge is 2.10. The maximum absolute atomic E-state index is 12.2. The summed E-state index contributed by atoms with van der Waals surface area (Å²) in [5.41, 5.74) is 2.32. The highest BCUT2D eigenvalue weighted by molar-refractivity contribution is 5.93. The molecular formula is C20H21N3O4. The van der Waals surface area contributed by atoms with Gasteiger partial charge >= 0.3 is 0 Å². The Kier molecular flexibility index (Phi) is 6.04. The predicted molar refractivity (Wildman–Crippen MR) is 101 cm³/mol. The third-order valence-electron chi connectivity index (χ3n) is 3.79. The molecule has 27 heavy (non-hydrogen) atoms. The fraction of sp³-hybridized carbons (Fsp3) is 0.250. The van der Waals surface area contributed by atoms with Gasteiger partial charge in [-0.15, -0.1) is 10.2 Å². The molecular weight excluding hydrogens is 346 g/mol. The van der Waals surface area contributed by atoms with Crippen LogP contribution < -0.4 is 14.8 Å². The average molecular weight is 367 g/mol. The summed E-state index contributed by atoms with van der Waals surface area (Å²) < 4.78 is 16.2. The number of ether oxygens (including phenoxy) is 2. The maximum Gasteiger partial charge on any atom is 0.262 e. The second-order valence-corrected chi connectivity index (χ2v) is 5.93. The van der Waals surface area contributed by atoms with Crippen LogP contribution in [-0.4, -0.2) is 29.3 Å². The summed E-state index contributed by atoms with van der Waals surface area (Å²) in [6.45, 7) is 4.53. The first-order chi connectivity index (χ1) is 13.2. The topological polar surface area (TPSA) is 86.5 Å². The van der Waals surface area contributed by atoms with Crippen molar-refractivity contribution < 1.29 is 18.7 Å². The third-order valence-corrected chi connectivity index (χ3v) is 3.79. The molecule has 1 N–H and O–H groups in total. The number of benzene rings is 2. The number of nitrogens with one attached hydrogen (secondary N) is 1. The van der Waals surface area contributed by atoms with Gasteiger partial charge in [0, 0.05) is 11.3 Å². The first kappa shape index (κ1) is 18.4.